The number of pyridine rings is 1. The molecule has 0 aliphatic heterocycles. The van der Waals surface area contributed by atoms with E-state index in [9.17, 15) is 4.79 Å². The molecule has 0 aliphatic rings. The monoisotopic (exact) mass is 424 g/mol. The van der Waals surface area contributed by atoms with E-state index in [1.165, 1.54) is 4.88 Å². The Morgan fingerprint density at radius 3 is 2.73 bits per heavy atom. The van der Waals surface area contributed by atoms with Gasteiger partial charge in [-0.2, -0.15) is 5.10 Å². The minimum Gasteiger partial charge on any atom is -0.461 e. The van der Waals surface area contributed by atoms with Crippen molar-refractivity contribution >= 4 is 23.0 Å². The number of hydrogen-bond acceptors (Lipinski definition) is 6. The van der Waals surface area contributed by atoms with Gasteiger partial charge in [0.1, 0.15) is 5.69 Å². The molecule has 0 N–H and O–H groups in total. The van der Waals surface area contributed by atoms with Crippen LogP contribution in [0.4, 0.5) is 0 Å². The van der Waals surface area contributed by atoms with Gasteiger partial charge >= 0.3 is 5.97 Å². The Labute approximate surface area is 178 Å². The fourth-order valence-corrected chi connectivity index (χ4v) is 4.34. The number of aromatic nitrogens is 4. The number of rotatable bonds is 7. The normalized spacial score (nSPS) is 11.3. The van der Waals surface area contributed by atoms with E-state index in [0.717, 1.165) is 33.2 Å². The van der Waals surface area contributed by atoms with Crippen LogP contribution in [0.2, 0.25) is 0 Å². The minimum atomic E-state index is -0.423. The van der Waals surface area contributed by atoms with E-state index in [0.29, 0.717) is 25.3 Å². The number of aryl methyl sites for hydroxylation is 2. The molecular weight excluding hydrogens is 400 g/mol. The molecule has 0 unspecified atom stereocenters. The molecule has 7 nitrogen and oxygen atoms in total. The highest BCUT2D eigenvalue weighted by molar-refractivity contribution is 7.15. The predicted octanol–water partition coefficient (Wildman–Crippen LogP) is 4.44. The van der Waals surface area contributed by atoms with Crippen LogP contribution in [-0.4, -0.2) is 38.9 Å². The number of thiophene rings is 1. The lowest BCUT2D eigenvalue weighted by Gasteiger charge is -2.11. The summed E-state index contributed by atoms with van der Waals surface area (Å²) < 4.78 is 14.4. The van der Waals surface area contributed by atoms with Crippen molar-refractivity contribution in [2.24, 2.45) is 0 Å². The second-order valence-electron chi connectivity index (χ2n) is 6.92. The van der Waals surface area contributed by atoms with E-state index in [4.69, 9.17) is 14.5 Å². The fourth-order valence-electron chi connectivity index (χ4n) is 3.47. The van der Waals surface area contributed by atoms with Gasteiger partial charge in [0.15, 0.2) is 11.3 Å². The van der Waals surface area contributed by atoms with E-state index in [1.54, 1.807) is 36.1 Å². The molecule has 0 fully saturated rings. The first kappa shape index (κ1) is 20.3. The van der Waals surface area contributed by atoms with Crippen LogP contribution in [0.25, 0.3) is 21.9 Å². The summed E-state index contributed by atoms with van der Waals surface area (Å²) in [5.74, 6) is -0.423. The second kappa shape index (κ2) is 8.41. The highest BCUT2D eigenvalue weighted by atomic mass is 32.1. The first-order valence-electron chi connectivity index (χ1n) is 9.87. The summed E-state index contributed by atoms with van der Waals surface area (Å²) in [6.45, 7) is 6.67. The van der Waals surface area contributed by atoms with E-state index < -0.39 is 5.97 Å². The van der Waals surface area contributed by atoms with Crippen LogP contribution in [0.5, 0.6) is 0 Å². The Balaban J connectivity index is 1.92. The van der Waals surface area contributed by atoms with Crippen LogP contribution in [-0.2, 0) is 22.5 Å². The predicted molar refractivity (Wildman–Crippen MR) is 116 cm³/mol. The number of esters is 1. The lowest BCUT2D eigenvalue weighted by atomic mass is 10.2. The molecule has 0 saturated carbocycles. The minimum absolute atomic E-state index is 0.296. The quantitative estimate of drug-likeness (QED) is 0.410. The Morgan fingerprint density at radius 2 is 2.07 bits per heavy atom. The molecule has 0 aromatic carbocycles. The highest BCUT2D eigenvalue weighted by Gasteiger charge is 2.20. The van der Waals surface area contributed by atoms with Crippen molar-refractivity contribution in [1.29, 1.82) is 0 Å². The summed E-state index contributed by atoms with van der Waals surface area (Å²) in [6, 6.07) is 8.00. The molecule has 0 aliphatic carbocycles. The third-order valence-corrected chi connectivity index (χ3v) is 5.83. The maximum absolute atomic E-state index is 12.2. The smallest absolute Gasteiger partial charge is 0.358 e. The largest absolute Gasteiger partial charge is 0.461 e. The first-order valence-corrected chi connectivity index (χ1v) is 10.7. The first-order chi connectivity index (χ1) is 14.5. The zero-order chi connectivity index (χ0) is 21.3. The molecule has 0 atom stereocenters. The third kappa shape index (κ3) is 3.64. The maximum Gasteiger partial charge on any atom is 0.358 e. The zero-order valence-electron chi connectivity index (χ0n) is 17.5. The molecule has 8 heteroatoms. The average Bonchev–Trinajstić information content (AvgIpc) is 3.45. The number of carbonyl (C=O) groups is 1. The molecule has 4 rings (SSSR count). The van der Waals surface area contributed by atoms with E-state index in [1.807, 2.05) is 25.4 Å². The molecule has 0 amide bonds. The molecule has 4 aromatic heterocycles. The van der Waals surface area contributed by atoms with Crippen LogP contribution in [0.3, 0.4) is 0 Å². The molecule has 4 aromatic rings. The summed E-state index contributed by atoms with van der Waals surface area (Å²) in [5, 5.41) is 4.56. The Bertz CT molecular complexity index is 1200. The summed E-state index contributed by atoms with van der Waals surface area (Å²) in [6.07, 6.45) is 4.63. The van der Waals surface area contributed by atoms with Crippen molar-refractivity contribution in [3.05, 3.63) is 58.5 Å². The van der Waals surface area contributed by atoms with E-state index in [2.05, 4.69) is 28.6 Å². The maximum atomic E-state index is 12.2. The number of methoxy groups -OCH3 is 1. The number of hydrogen-bond donors (Lipinski definition) is 0. The summed E-state index contributed by atoms with van der Waals surface area (Å²) in [7, 11) is 1.67. The van der Waals surface area contributed by atoms with Gasteiger partial charge in [-0.05, 0) is 50.1 Å². The second-order valence-corrected chi connectivity index (χ2v) is 8.21. The molecule has 30 heavy (non-hydrogen) atoms. The van der Waals surface area contributed by atoms with Crippen LogP contribution < -0.4 is 0 Å². The topological polar surface area (TPSA) is 70.7 Å². The number of nitrogens with zero attached hydrogens (tertiary/aromatic N) is 4. The summed E-state index contributed by atoms with van der Waals surface area (Å²) in [5.41, 5.74) is 4.78. The van der Waals surface area contributed by atoms with E-state index >= 15 is 0 Å². The van der Waals surface area contributed by atoms with E-state index in [-0.39, 0.29) is 0 Å². The molecule has 0 radical (unpaired) electrons. The van der Waals surface area contributed by atoms with Gasteiger partial charge in [-0.25, -0.2) is 14.5 Å². The van der Waals surface area contributed by atoms with Crippen molar-refractivity contribution in [2.45, 2.75) is 33.8 Å². The molecule has 4 heterocycles. The fraction of sp³-hybridized carbons (Fsp3) is 0.318. The summed E-state index contributed by atoms with van der Waals surface area (Å²) >= 11 is 1.73. The number of ether oxygens (including phenoxy) is 2. The average molecular weight is 425 g/mol. The number of carbonyl (C=O) groups excluding carboxylic acids is 1. The van der Waals surface area contributed by atoms with Gasteiger partial charge in [0.25, 0.3) is 0 Å². The van der Waals surface area contributed by atoms with Crippen molar-refractivity contribution in [3.63, 3.8) is 0 Å². The lowest BCUT2D eigenvalue weighted by molar-refractivity contribution is 0.0519. The van der Waals surface area contributed by atoms with Crippen molar-refractivity contribution in [2.75, 3.05) is 13.7 Å². The zero-order valence-corrected chi connectivity index (χ0v) is 18.3. The SMILES string of the molecule is CCOC(=O)c1cc(CC)n(-c2cc(COC)cn3c(-c4ccc(C)s4)cnc23)n1. The van der Waals surface area contributed by atoms with Crippen molar-refractivity contribution in [3.8, 4) is 16.3 Å². The molecular formula is C22H24N4O3S. The van der Waals surface area contributed by atoms with Gasteiger partial charge in [-0.1, -0.05) is 6.92 Å². The van der Waals surface area contributed by atoms with Gasteiger partial charge < -0.3 is 9.47 Å². The van der Waals surface area contributed by atoms with Gasteiger partial charge in [0.2, 0.25) is 0 Å². The lowest BCUT2D eigenvalue weighted by Crippen LogP contribution is -2.09. The standard InChI is InChI=1S/C22H24N4O3S/c1-5-16-10-17(22(27)29-6-2)24-26(16)18-9-15(13-28-4)12-25-19(11-23-21(18)25)20-8-7-14(3)30-20/h7-12H,5-6,13H2,1-4H3. The van der Waals surface area contributed by atoms with Crippen LogP contribution >= 0.6 is 11.3 Å². The van der Waals surface area contributed by atoms with Crippen molar-refractivity contribution in [1.82, 2.24) is 19.2 Å². The van der Waals surface area contributed by atoms with Gasteiger partial charge in [0.05, 0.1) is 30.0 Å². The molecule has 156 valence electrons. The molecule has 0 saturated heterocycles. The summed E-state index contributed by atoms with van der Waals surface area (Å²) in [4.78, 5) is 19.3. The Morgan fingerprint density at radius 1 is 1.23 bits per heavy atom. The van der Waals surface area contributed by atoms with Gasteiger partial charge in [-0.15, -0.1) is 11.3 Å². The Kier molecular flexibility index (Phi) is 5.69. The third-order valence-electron chi connectivity index (χ3n) is 4.80. The Hall–Kier alpha value is -2.97. The van der Waals surface area contributed by atoms with Crippen LogP contribution in [0.15, 0.2) is 36.7 Å². The van der Waals surface area contributed by atoms with Crippen LogP contribution in [0.1, 0.15) is 40.5 Å². The van der Waals surface area contributed by atoms with Crippen molar-refractivity contribution < 1.29 is 14.3 Å². The number of imidazole rings is 1. The number of fused-ring (bicyclic) bond motifs is 1. The molecule has 0 spiro atoms. The highest BCUT2D eigenvalue weighted by Crippen LogP contribution is 2.31. The van der Waals surface area contributed by atoms with Gasteiger partial charge in [-0.3, -0.25) is 4.40 Å². The molecule has 0 bridgehead atoms. The van der Waals surface area contributed by atoms with Gasteiger partial charge in [0, 0.05) is 23.9 Å². The van der Waals surface area contributed by atoms with Crippen LogP contribution in [0, 0.1) is 6.92 Å².